The van der Waals surface area contributed by atoms with Crippen molar-refractivity contribution in [1.29, 1.82) is 0 Å². The Morgan fingerprint density at radius 2 is 2.04 bits per heavy atom. The largest absolute Gasteiger partial charge is 0.481 e. The van der Waals surface area contributed by atoms with Crippen LogP contribution in [0.4, 0.5) is 0 Å². The average molecular weight is 400 g/mol. The highest BCUT2D eigenvalue weighted by Crippen LogP contribution is 2.46. The highest BCUT2D eigenvalue weighted by Gasteiger charge is 2.30. The van der Waals surface area contributed by atoms with Gasteiger partial charge in [-0.05, 0) is 67.0 Å². The van der Waals surface area contributed by atoms with E-state index in [4.69, 9.17) is 16.6 Å². The van der Waals surface area contributed by atoms with Crippen LogP contribution in [0.5, 0.6) is 0 Å². The van der Waals surface area contributed by atoms with Crippen molar-refractivity contribution in [1.82, 2.24) is 4.98 Å². The van der Waals surface area contributed by atoms with Gasteiger partial charge < -0.3 is 5.11 Å². The van der Waals surface area contributed by atoms with Crippen LogP contribution in [-0.4, -0.2) is 16.1 Å². The number of hydrogen-bond acceptors (Lipinski definition) is 3. The number of rotatable bonds is 5. The minimum atomic E-state index is -0.775. The first-order valence-corrected chi connectivity index (χ1v) is 10.6. The summed E-state index contributed by atoms with van der Waals surface area (Å²) in [5.41, 5.74) is 5.14. The van der Waals surface area contributed by atoms with Gasteiger partial charge in [0.15, 0.2) is 0 Å². The van der Waals surface area contributed by atoms with Gasteiger partial charge in [-0.15, -0.1) is 11.3 Å². The summed E-state index contributed by atoms with van der Waals surface area (Å²) in [6, 6.07) is 7.77. The van der Waals surface area contributed by atoms with Crippen LogP contribution >= 0.6 is 22.9 Å². The number of aliphatic carboxylic acids is 1. The summed E-state index contributed by atoms with van der Waals surface area (Å²) in [6.45, 7) is 3.98. The van der Waals surface area contributed by atoms with Gasteiger partial charge in [0.05, 0.1) is 5.92 Å². The number of benzene rings is 1. The van der Waals surface area contributed by atoms with Crippen LogP contribution in [0.3, 0.4) is 0 Å². The van der Waals surface area contributed by atoms with E-state index in [9.17, 15) is 9.90 Å². The molecule has 0 aliphatic heterocycles. The standard InChI is InChI=1S/C22H22ClNO2S/c1-3-5-16(22(25)26)18-12(2)24-21-20(15-6-4-7-17(15)27-21)19(18)13-8-10-14(23)11-9-13/h8-11,16H,3-7H2,1-2H3,(H,25,26). The zero-order chi connectivity index (χ0) is 19.1. The lowest BCUT2D eigenvalue weighted by molar-refractivity contribution is -0.139. The molecule has 0 bridgehead atoms. The van der Waals surface area contributed by atoms with Gasteiger partial charge >= 0.3 is 5.97 Å². The number of aryl methyl sites for hydroxylation is 3. The van der Waals surface area contributed by atoms with Gasteiger partial charge in [-0.25, -0.2) is 4.98 Å². The maximum atomic E-state index is 12.1. The number of carbonyl (C=O) groups is 1. The summed E-state index contributed by atoms with van der Waals surface area (Å²) in [7, 11) is 0. The molecule has 3 aromatic rings. The number of hydrogen-bond donors (Lipinski definition) is 1. The molecule has 0 saturated carbocycles. The zero-order valence-electron chi connectivity index (χ0n) is 15.5. The van der Waals surface area contributed by atoms with Crippen molar-refractivity contribution in [3.05, 3.63) is 51.0 Å². The van der Waals surface area contributed by atoms with Crippen LogP contribution in [0, 0.1) is 6.92 Å². The van der Waals surface area contributed by atoms with Crippen LogP contribution in [-0.2, 0) is 17.6 Å². The number of fused-ring (bicyclic) bond motifs is 3. The second kappa shape index (κ2) is 7.25. The van der Waals surface area contributed by atoms with Crippen LogP contribution < -0.4 is 0 Å². The lowest BCUT2D eigenvalue weighted by Gasteiger charge is -2.20. The van der Waals surface area contributed by atoms with Crippen molar-refractivity contribution in [3.63, 3.8) is 0 Å². The van der Waals surface area contributed by atoms with Crippen molar-refractivity contribution in [2.24, 2.45) is 0 Å². The van der Waals surface area contributed by atoms with Crippen molar-refractivity contribution in [2.75, 3.05) is 0 Å². The molecule has 2 aromatic heterocycles. The predicted molar refractivity (Wildman–Crippen MR) is 112 cm³/mol. The molecule has 3 nitrogen and oxygen atoms in total. The minimum Gasteiger partial charge on any atom is -0.481 e. The highest BCUT2D eigenvalue weighted by atomic mass is 35.5. The first kappa shape index (κ1) is 18.5. The average Bonchev–Trinajstić information content (AvgIpc) is 3.20. The molecule has 4 rings (SSSR count). The monoisotopic (exact) mass is 399 g/mol. The van der Waals surface area contributed by atoms with E-state index in [1.54, 1.807) is 11.3 Å². The Bertz CT molecular complexity index is 1020. The molecule has 27 heavy (non-hydrogen) atoms. The molecule has 0 spiro atoms. The van der Waals surface area contributed by atoms with Crippen molar-refractivity contribution in [3.8, 4) is 11.1 Å². The van der Waals surface area contributed by atoms with E-state index in [0.29, 0.717) is 11.4 Å². The number of carboxylic acid groups (broad SMARTS) is 1. The van der Waals surface area contributed by atoms with E-state index < -0.39 is 11.9 Å². The first-order valence-electron chi connectivity index (χ1n) is 9.44. The maximum Gasteiger partial charge on any atom is 0.311 e. The SMILES string of the molecule is CCCC(C(=O)O)c1c(C)nc2sc3c(c2c1-c1ccc(Cl)cc1)CCC3. The Kier molecular flexibility index (Phi) is 4.95. The summed E-state index contributed by atoms with van der Waals surface area (Å²) < 4.78 is 0. The number of nitrogens with zero attached hydrogens (tertiary/aromatic N) is 1. The topological polar surface area (TPSA) is 50.2 Å². The molecule has 0 fully saturated rings. The Labute approximate surface area is 168 Å². The second-order valence-electron chi connectivity index (χ2n) is 7.21. The molecule has 1 aromatic carbocycles. The maximum absolute atomic E-state index is 12.1. The number of pyridine rings is 1. The summed E-state index contributed by atoms with van der Waals surface area (Å²) >= 11 is 7.89. The van der Waals surface area contributed by atoms with Gasteiger partial charge in [0.25, 0.3) is 0 Å². The van der Waals surface area contributed by atoms with Crippen LogP contribution in [0.2, 0.25) is 5.02 Å². The second-order valence-corrected chi connectivity index (χ2v) is 8.73. The van der Waals surface area contributed by atoms with E-state index in [2.05, 4.69) is 0 Å². The van der Waals surface area contributed by atoms with E-state index >= 15 is 0 Å². The molecule has 2 heterocycles. The van der Waals surface area contributed by atoms with Crippen molar-refractivity contribution in [2.45, 2.75) is 51.9 Å². The lowest BCUT2D eigenvalue weighted by atomic mass is 9.84. The summed E-state index contributed by atoms with van der Waals surface area (Å²) in [6.07, 6.45) is 4.73. The van der Waals surface area contributed by atoms with E-state index in [1.807, 2.05) is 38.1 Å². The Morgan fingerprint density at radius 3 is 2.70 bits per heavy atom. The number of carboxylic acids is 1. The fourth-order valence-corrected chi connectivity index (χ4v) is 5.72. The van der Waals surface area contributed by atoms with Crippen LogP contribution in [0.1, 0.15) is 53.8 Å². The zero-order valence-corrected chi connectivity index (χ0v) is 17.1. The number of halogens is 1. The normalized spacial score (nSPS) is 14.5. The van der Waals surface area contributed by atoms with Crippen LogP contribution in [0.15, 0.2) is 24.3 Å². The smallest absolute Gasteiger partial charge is 0.311 e. The third-order valence-electron chi connectivity index (χ3n) is 5.44. The third-order valence-corrected chi connectivity index (χ3v) is 6.88. The van der Waals surface area contributed by atoms with Gasteiger partial charge in [0.2, 0.25) is 0 Å². The molecule has 0 saturated heterocycles. The minimum absolute atomic E-state index is 0.547. The van der Waals surface area contributed by atoms with Gasteiger partial charge in [0.1, 0.15) is 4.83 Å². The van der Waals surface area contributed by atoms with Gasteiger partial charge in [0, 0.05) is 21.0 Å². The van der Waals surface area contributed by atoms with E-state index in [1.165, 1.54) is 10.4 Å². The molecule has 140 valence electrons. The van der Waals surface area contributed by atoms with Gasteiger partial charge in [-0.1, -0.05) is 37.1 Å². The Hall–Kier alpha value is -1.91. The van der Waals surface area contributed by atoms with Crippen molar-refractivity contribution >= 4 is 39.1 Å². The molecular weight excluding hydrogens is 378 g/mol. The molecule has 1 atom stereocenters. The van der Waals surface area contributed by atoms with Gasteiger partial charge in [-0.2, -0.15) is 0 Å². The molecule has 1 unspecified atom stereocenters. The van der Waals surface area contributed by atoms with Crippen LogP contribution in [0.25, 0.3) is 21.3 Å². The Balaban J connectivity index is 2.09. The quantitative estimate of drug-likeness (QED) is 0.541. The first-order chi connectivity index (χ1) is 13.0. The fourth-order valence-electron chi connectivity index (χ4n) is 4.28. The highest BCUT2D eigenvalue weighted by molar-refractivity contribution is 7.19. The summed E-state index contributed by atoms with van der Waals surface area (Å²) in [4.78, 5) is 19.4. The van der Waals surface area contributed by atoms with E-state index in [-0.39, 0.29) is 0 Å². The Morgan fingerprint density at radius 1 is 1.30 bits per heavy atom. The molecular formula is C22H22ClNO2S. The third kappa shape index (κ3) is 3.15. The fraction of sp³-hybridized carbons (Fsp3) is 0.364. The van der Waals surface area contributed by atoms with Crippen molar-refractivity contribution < 1.29 is 9.90 Å². The molecule has 0 radical (unpaired) electrons. The number of thiophene rings is 1. The molecule has 1 N–H and O–H groups in total. The molecule has 1 aliphatic carbocycles. The summed E-state index contributed by atoms with van der Waals surface area (Å²) in [5.74, 6) is -1.32. The summed E-state index contributed by atoms with van der Waals surface area (Å²) in [5, 5.41) is 11.8. The predicted octanol–water partition coefficient (Wildman–Crippen LogP) is 6.38. The molecule has 0 amide bonds. The lowest BCUT2D eigenvalue weighted by Crippen LogP contribution is -2.15. The molecule has 1 aliphatic rings. The van der Waals surface area contributed by atoms with E-state index in [0.717, 1.165) is 58.3 Å². The number of aromatic nitrogens is 1. The molecule has 5 heteroatoms. The van der Waals surface area contributed by atoms with Gasteiger partial charge in [-0.3, -0.25) is 4.79 Å².